The van der Waals surface area contributed by atoms with E-state index in [1.807, 2.05) is 0 Å². The molecule has 128 valence electrons. The van der Waals surface area contributed by atoms with Gasteiger partial charge in [-0.15, -0.1) is 0 Å². The van der Waals surface area contributed by atoms with E-state index in [0.29, 0.717) is 6.54 Å². The zero-order valence-electron chi connectivity index (χ0n) is 14.5. The second-order valence-electron chi connectivity index (χ2n) is 6.32. The highest BCUT2D eigenvalue weighted by molar-refractivity contribution is 5.32. The summed E-state index contributed by atoms with van der Waals surface area (Å²) in [5, 5.41) is 3.88. The monoisotopic (exact) mass is 330 g/mol. The molecule has 3 aromatic carbocycles. The molecule has 2 heteroatoms. The molecule has 0 radical (unpaired) electrons. The molecule has 3 rings (SSSR count). The molecule has 0 aliphatic carbocycles. The smallest absolute Gasteiger partial charge is 0.0581 e. The van der Waals surface area contributed by atoms with Gasteiger partial charge < -0.3 is 5.73 Å². The van der Waals surface area contributed by atoms with Crippen LogP contribution in [0.2, 0.25) is 0 Å². The van der Waals surface area contributed by atoms with E-state index in [9.17, 15) is 0 Å². The third-order valence-corrected chi connectivity index (χ3v) is 4.53. The van der Waals surface area contributed by atoms with E-state index in [-0.39, 0.29) is 12.1 Å². The molecule has 0 bridgehead atoms. The van der Waals surface area contributed by atoms with Crippen LogP contribution in [-0.4, -0.2) is 6.54 Å². The number of hydrogen-bond acceptors (Lipinski definition) is 2. The molecular formula is C23H26N2. The molecular weight excluding hydrogens is 304 g/mol. The van der Waals surface area contributed by atoms with Crippen molar-refractivity contribution in [2.24, 2.45) is 5.73 Å². The molecule has 0 saturated carbocycles. The van der Waals surface area contributed by atoms with Gasteiger partial charge in [-0.2, -0.15) is 0 Å². The summed E-state index contributed by atoms with van der Waals surface area (Å²) < 4.78 is 0. The average molecular weight is 330 g/mol. The highest BCUT2D eigenvalue weighted by atomic mass is 15.0. The van der Waals surface area contributed by atoms with Crippen molar-refractivity contribution in [2.75, 3.05) is 6.54 Å². The third kappa shape index (κ3) is 4.79. The van der Waals surface area contributed by atoms with Gasteiger partial charge in [0.2, 0.25) is 0 Å². The molecule has 1 atom stereocenters. The predicted molar refractivity (Wildman–Crippen MR) is 105 cm³/mol. The van der Waals surface area contributed by atoms with Crippen LogP contribution in [-0.2, 0) is 0 Å². The molecule has 0 amide bonds. The maximum Gasteiger partial charge on any atom is 0.0581 e. The average Bonchev–Trinajstić information content (AvgIpc) is 2.70. The number of rotatable bonds is 8. The highest BCUT2D eigenvalue weighted by Crippen LogP contribution is 2.28. The van der Waals surface area contributed by atoms with Crippen molar-refractivity contribution in [1.29, 1.82) is 0 Å². The minimum Gasteiger partial charge on any atom is -0.330 e. The first-order valence-corrected chi connectivity index (χ1v) is 8.99. The lowest BCUT2D eigenvalue weighted by Crippen LogP contribution is -2.28. The molecule has 0 aromatic heterocycles. The SMILES string of the molecule is NCCCC(NC(c1ccccc1)c1ccccc1)c1ccccc1. The molecule has 1 unspecified atom stereocenters. The Morgan fingerprint density at radius 2 is 1.08 bits per heavy atom. The van der Waals surface area contributed by atoms with Crippen molar-refractivity contribution in [2.45, 2.75) is 24.9 Å². The predicted octanol–water partition coefficient (Wildman–Crippen LogP) is 4.85. The zero-order valence-corrected chi connectivity index (χ0v) is 14.5. The van der Waals surface area contributed by atoms with E-state index in [4.69, 9.17) is 5.73 Å². The molecule has 0 aliphatic rings. The van der Waals surface area contributed by atoms with Crippen molar-refractivity contribution < 1.29 is 0 Å². The lowest BCUT2D eigenvalue weighted by Gasteiger charge is -2.27. The van der Waals surface area contributed by atoms with Crippen molar-refractivity contribution >= 4 is 0 Å². The highest BCUT2D eigenvalue weighted by Gasteiger charge is 2.19. The van der Waals surface area contributed by atoms with Crippen molar-refractivity contribution in [1.82, 2.24) is 5.32 Å². The number of nitrogens with one attached hydrogen (secondary N) is 1. The van der Waals surface area contributed by atoms with Crippen LogP contribution in [0.25, 0.3) is 0 Å². The number of hydrogen-bond donors (Lipinski definition) is 2. The van der Waals surface area contributed by atoms with Gasteiger partial charge in [0.05, 0.1) is 6.04 Å². The summed E-state index contributed by atoms with van der Waals surface area (Å²) in [6.07, 6.45) is 2.03. The number of benzene rings is 3. The Balaban J connectivity index is 1.91. The number of nitrogens with two attached hydrogens (primary N) is 1. The summed E-state index contributed by atoms with van der Waals surface area (Å²) in [5.74, 6) is 0. The maximum atomic E-state index is 5.78. The van der Waals surface area contributed by atoms with E-state index < -0.39 is 0 Å². The fourth-order valence-corrected chi connectivity index (χ4v) is 3.23. The van der Waals surface area contributed by atoms with Crippen LogP contribution in [0.3, 0.4) is 0 Å². The summed E-state index contributed by atoms with van der Waals surface area (Å²) in [5.41, 5.74) is 9.65. The van der Waals surface area contributed by atoms with E-state index >= 15 is 0 Å². The van der Waals surface area contributed by atoms with Crippen LogP contribution in [0.15, 0.2) is 91.0 Å². The Bertz CT molecular complexity index is 686. The topological polar surface area (TPSA) is 38.0 Å². The Labute approximate surface area is 150 Å². The zero-order chi connectivity index (χ0) is 17.3. The quantitative estimate of drug-likeness (QED) is 0.620. The van der Waals surface area contributed by atoms with E-state index in [1.54, 1.807) is 0 Å². The molecule has 0 fully saturated rings. The summed E-state index contributed by atoms with van der Waals surface area (Å²) in [4.78, 5) is 0. The Kier molecular flexibility index (Phi) is 6.38. The standard InChI is InChI=1S/C23H26N2/c24-18-10-17-22(19-11-4-1-5-12-19)25-23(20-13-6-2-7-14-20)21-15-8-3-9-16-21/h1-9,11-16,22-23,25H,10,17-18,24H2. The van der Waals surface area contributed by atoms with Gasteiger partial charge in [-0.1, -0.05) is 91.0 Å². The Morgan fingerprint density at radius 1 is 0.640 bits per heavy atom. The van der Waals surface area contributed by atoms with Crippen molar-refractivity contribution in [3.63, 3.8) is 0 Å². The first-order valence-electron chi connectivity index (χ1n) is 8.99. The molecule has 3 aromatic rings. The second kappa shape index (κ2) is 9.16. The molecule has 0 aliphatic heterocycles. The second-order valence-corrected chi connectivity index (χ2v) is 6.32. The van der Waals surface area contributed by atoms with Gasteiger partial charge in [0.1, 0.15) is 0 Å². The van der Waals surface area contributed by atoms with Crippen LogP contribution in [0.4, 0.5) is 0 Å². The Hall–Kier alpha value is -2.42. The van der Waals surface area contributed by atoms with Gasteiger partial charge in [-0.05, 0) is 36.1 Å². The molecule has 3 N–H and O–H groups in total. The molecule has 0 heterocycles. The lowest BCUT2D eigenvalue weighted by atomic mass is 9.94. The lowest BCUT2D eigenvalue weighted by molar-refractivity contribution is 0.450. The maximum absolute atomic E-state index is 5.78. The fourth-order valence-electron chi connectivity index (χ4n) is 3.23. The van der Waals surface area contributed by atoms with Crippen LogP contribution in [0.5, 0.6) is 0 Å². The van der Waals surface area contributed by atoms with Gasteiger partial charge >= 0.3 is 0 Å². The van der Waals surface area contributed by atoms with Crippen LogP contribution >= 0.6 is 0 Å². The van der Waals surface area contributed by atoms with Crippen molar-refractivity contribution in [3.05, 3.63) is 108 Å². The molecule has 0 saturated heterocycles. The van der Waals surface area contributed by atoms with E-state index in [0.717, 1.165) is 12.8 Å². The fraction of sp³-hybridized carbons (Fsp3) is 0.217. The van der Waals surface area contributed by atoms with Gasteiger partial charge in [0.15, 0.2) is 0 Å². The van der Waals surface area contributed by atoms with E-state index in [2.05, 4.69) is 96.3 Å². The summed E-state index contributed by atoms with van der Waals surface area (Å²) >= 11 is 0. The Morgan fingerprint density at radius 3 is 1.52 bits per heavy atom. The van der Waals surface area contributed by atoms with Gasteiger partial charge in [-0.3, -0.25) is 5.32 Å². The third-order valence-electron chi connectivity index (χ3n) is 4.53. The normalized spacial score (nSPS) is 12.2. The van der Waals surface area contributed by atoms with Gasteiger partial charge in [0, 0.05) is 6.04 Å². The minimum atomic E-state index is 0.158. The van der Waals surface area contributed by atoms with Gasteiger partial charge in [0.25, 0.3) is 0 Å². The molecule has 0 spiro atoms. The van der Waals surface area contributed by atoms with Gasteiger partial charge in [-0.25, -0.2) is 0 Å². The summed E-state index contributed by atoms with van der Waals surface area (Å²) in [6.45, 7) is 0.715. The summed E-state index contributed by atoms with van der Waals surface area (Å²) in [6, 6.07) is 32.4. The van der Waals surface area contributed by atoms with Crippen LogP contribution in [0, 0.1) is 0 Å². The van der Waals surface area contributed by atoms with Crippen LogP contribution < -0.4 is 11.1 Å². The van der Waals surface area contributed by atoms with Crippen molar-refractivity contribution in [3.8, 4) is 0 Å². The largest absolute Gasteiger partial charge is 0.330 e. The molecule has 25 heavy (non-hydrogen) atoms. The first-order chi connectivity index (χ1) is 12.4. The minimum absolute atomic E-state index is 0.158. The van der Waals surface area contributed by atoms with E-state index in [1.165, 1.54) is 16.7 Å². The first kappa shape index (κ1) is 17.4. The molecule has 2 nitrogen and oxygen atoms in total. The van der Waals surface area contributed by atoms with Crippen LogP contribution in [0.1, 0.15) is 41.6 Å². The summed E-state index contributed by atoms with van der Waals surface area (Å²) in [7, 11) is 0.